The maximum absolute atomic E-state index is 5.36. The Kier molecular flexibility index (Phi) is 9.49. The maximum Gasteiger partial charge on any atom is 0.193 e. The van der Waals surface area contributed by atoms with Crippen LogP contribution in [0.2, 0.25) is 0 Å². The molecule has 0 atom stereocenters. The Hall–Kier alpha value is -1.87. The molecule has 1 N–H and O–H groups in total. The first kappa shape index (κ1) is 22.4. The number of ether oxygens (including phenoxy) is 1. The summed E-state index contributed by atoms with van der Waals surface area (Å²) in [7, 11) is 2.06. The van der Waals surface area contributed by atoms with Crippen LogP contribution in [0.15, 0.2) is 59.4 Å². The zero-order valence-corrected chi connectivity index (χ0v) is 19.0. The average molecular weight is 495 g/mol. The van der Waals surface area contributed by atoms with Crippen LogP contribution in [0.25, 0.3) is 5.69 Å². The zero-order valence-electron chi connectivity index (χ0n) is 16.7. The summed E-state index contributed by atoms with van der Waals surface area (Å²) < 4.78 is 7.27. The average Bonchev–Trinajstić information content (AvgIpc) is 3.17. The second-order valence-electron chi connectivity index (χ2n) is 6.66. The van der Waals surface area contributed by atoms with E-state index in [9.17, 15) is 0 Å². The van der Waals surface area contributed by atoms with Crippen molar-refractivity contribution < 1.29 is 4.74 Å². The van der Waals surface area contributed by atoms with E-state index >= 15 is 0 Å². The summed E-state index contributed by atoms with van der Waals surface area (Å²) in [5.41, 5.74) is 3.67. The van der Waals surface area contributed by atoms with Gasteiger partial charge < -0.3 is 15.0 Å². The number of guanidine groups is 1. The number of benzene rings is 1. The highest BCUT2D eigenvalue weighted by molar-refractivity contribution is 14.0. The summed E-state index contributed by atoms with van der Waals surface area (Å²) in [5, 5.41) is 7.86. The van der Waals surface area contributed by atoms with Crippen molar-refractivity contribution in [2.24, 2.45) is 4.99 Å². The fourth-order valence-electron chi connectivity index (χ4n) is 3.08. The van der Waals surface area contributed by atoms with Gasteiger partial charge in [-0.05, 0) is 31.9 Å². The van der Waals surface area contributed by atoms with Crippen LogP contribution in [-0.4, -0.2) is 54.0 Å². The first-order valence-electron chi connectivity index (χ1n) is 9.60. The molecule has 0 radical (unpaired) electrons. The van der Waals surface area contributed by atoms with Crippen molar-refractivity contribution in [3.63, 3.8) is 0 Å². The van der Waals surface area contributed by atoms with Crippen LogP contribution in [0.1, 0.15) is 25.3 Å². The minimum absolute atomic E-state index is 0. The van der Waals surface area contributed by atoms with Gasteiger partial charge in [0.25, 0.3) is 0 Å². The van der Waals surface area contributed by atoms with Gasteiger partial charge >= 0.3 is 0 Å². The van der Waals surface area contributed by atoms with E-state index < -0.39 is 0 Å². The molecule has 6 nitrogen and oxygen atoms in total. The molecule has 0 saturated carbocycles. The lowest BCUT2D eigenvalue weighted by Crippen LogP contribution is -2.38. The van der Waals surface area contributed by atoms with Crippen LogP contribution in [0.3, 0.4) is 0 Å². The van der Waals surface area contributed by atoms with Gasteiger partial charge in [0.1, 0.15) is 0 Å². The van der Waals surface area contributed by atoms with Gasteiger partial charge in [0.05, 0.1) is 25.1 Å². The predicted octanol–water partition coefficient (Wildman–Crippen LogP) is 3.62. The van der Waals surface area contributed by atoms with Crippen LogP contribution in [0.4, 0.5) is 0 Å². The third kappa shape index (κ3) is 6.63. The van der Waals surface area contributed by atoms with E-state index in [0.29, 0.717) is 0 Å². The molecule has 0 fully saturated rings. The molecule has 2 heterocycles. The minimum Gasteiger partial charge on any atom is -0.377 e. The summed E-state index contributed by atoms with van der Waals surface area (Å²) in [6, 6.07) is 10.2. The van der Waals surface area contributed by atoms with E-state index in [1.165, 1.54) is 5.57 Å². The zero-order chi connectivity index (χ0) is 18.9. The number of hydrogen-bond acceptors (Lipinski definition) is 3. The number of nitrogens with zero attached hydrogens (tertiary/aromatic N) is 4. The Bertz CT molecular complexity index is 772. The Morgan fingerprint density at radius 2 is 2.14 bits per heavy atom. The molecule has 7 heteroatoms. The molecule has 1 aliphatic heterocycles. The Balaban J connectivity index is 0.00000280. The van der Waals surface area contributed by atoms with Crippen molar-refractivity contribution in [1.29, 1.82) is 0 Å². The number of rotatable bonds is 7. The van der Waals surface area contributed by atoms with Crippen LogP contribution < -0.4 is 5.32 Å². The molecule has 1 aromatic heterocycles. The predicted molar refractivity (Wildman–Crippen MR) is 125 cm³/mol. The van der Waals surface area contributed by atoms with E-state index in [4.69, 9.17) is 9.73 Å². The van der Waals surface area contributed by atoms with Crippen LogP contribution in [0.5, 0.6) is 0 Å². The molecule has 28 heavy (non-hydrogen) atoms. The van der Waals surface area contributed by atoms with Crippen LogP contribution in [-0.2, 0) is 11.3 Å². The standard InChI is InChI=1S/C21H29N5O.HI/c1-3-22-21(23-12-9-18-10-13-27-14-11-18)25(2)16-19-15-24-26(17-19)20-7-5-4-6-8-20;/h4-8,10,15,17H,3,9,11-14,16H2,1-2H3,(H,22,23);1H. The third-order valence-electron chi connectivity index (χ3n) is 4.52. The lowest BCUT2D eigenvalue weighted by molar-refractivity contribution is 0.153. The normalized spacial score (nSPS) is 14.2. The van der Waals surface area contributed by atoms with Crippen molar-refractivity contribution in [1.82, 2.24) is 20.0 Å². The van der Waals surface area contributed by atoms with Crippen molar-refractivity contribution in [2.75, 3.05) is 33.4 Å². The summed E-state index contributed by atoms with van der Waals surface area (Å²) >= 11 is 0. The number of para-hydroxylation sites is 1. The SMILES string of the molecule is CCNC(=NCCC1=CCOCC1)N(C)Cc1cnn(-c2ccccc2)c1.I. The van der Waals surface area contributed by atoms with Gasteiger partial charge in [0, 0.05) is 38.4 Å². The molecule has 0 amide bonds. The van der Waals surface area contributed by atoms with Crippen LogP contribution >= 0.6 is 24.0 Å². The molecule has 152 valence electrons. The second kappa shape index (κ2) is 11.9. The summed E-state index contributed by atoms with van der Waals surface area (Å²) in [5.74, 6) is 0.928. The number of aromatic nitrogens is 2. The van der Waals surface area contributed by atoms with Gasteiger partial charge in [-0.3, -0.25) is 4.99 Å². The van der Waals surface area contributed by atoms with Gasteiger partial charge in [-0.1, -0.05) is 29.8 Å². The quantitative estimate of drug-likeness (QED) is 0.276. The fourth-order valence-corrected chi connectivity index (χ4v) is 3.08. The Labute approximate surface area is 184 Å². The molecule has 0 unspecified atom stereocenters. The molecule has 2 aromatic rings. The highest BCUT2D eigenvalue weighted by Crippen LogP contribution is 2.12. The first-order chi connectivity index (χ1) is 13.3. The summed E-state index contributed by atoms with van der Waals surface area (Å²) in [6.07, 6.45) is 8.20. The van der Waals surface area contributed by atoms with Crippen molar-refractivity contribution >= 4 is 29.9 Å². The van der Waals surface area contributed by atoms with E-state index in [1.807, 2.05) is 29.1 Å². The van der Waals surface area contributed by atoms with Gasteiger partial charge in [-0.15, -0.1) is 24.0 Å². The molecule has 1 aliphatic rings. The molecule has 0 saturated heterocycles. The number of nitrogens with one attached hydrogen (secondary N) is 1. The number of aliphatic imine (C=N–C) groups is 1. The molecule has 0 bridgehead atoms. The fraction of sp³-hybridized carbons (Fsp3) is 0.429. The van der Waals surface area contributed by atoms with E-state index in [0.717, 1.165) is 62.9 Å². The van der Waals surface area contributed by atoms with E-state index in [1.54, 1.807) is 0 Å². The van der Waals surface area contributed by atoms with Crippen LogP contribution in [0, 0.1) is 0 Å². The summed E-state index contributed by atoms with van der Waals surface area (Å²) in [4.78, 5) is 6.94. The molecule has 3 rings (SSSR count). The molecular formula is C21H30IN5O. The maximum atomic E-state index is 5.36. The minimum atomic E-state index is 0. The number of halogens is 1. The van der Waals surface area contributed by atoms with Gasteiger partial charge in [-0.25, -0.2) is 4.68 Å². The molecule has 0 spiro atoms. The van der Waals surface area contributed by atoms with Crippen molar-refractivity contribution in [2.45, 2.75) is 26.3 Å². The lowest BCUT2D eigenvalue weighted by atomic mass is 10.1. The highest BCUT2D eigenvalue weighted by atomic mass is 127. The first-order valence-corrected chi connectivity index (χ1v) is 9.60. The van der Waals surface area contributed by atoms with E-state index in [2.05, 4.69) is 53.7 Å². The smallest absolute Gasteiger partial charge is 0.193 e. The molecule has 0 aliphatic carbocycles. The van der Waals surface area contributed by atoms with Crippen molar-refractivity contribution in [3.8, 4) is 5.69 Å². The van der Waals surface area contributed by atoms with Gasteiger partial charge in [-0.2, -0.15) is 5.10 Å². The Morgan fingerprint density at radius 1 is 1.32 bits per heavy atom. The summed E-state index contributed by atoms with van der Waals surface area (Å²) in [6.45, 7) is 6.07. The second-order valence-corrected chi connectivity index (χ2v) is 6.66. The molecular weight excluding hydrogens is 465 g/mol. The topological polar surface area (TPSA) is 54.7 Å². The van der Waals surface area contributed by atoms with E-state index in [-0.39, 0.29) is 24.0 Å². The largest absolute Gasteiger partial charge is 0.377 e. The Morgan fingerprint density at radius 3 is 2.86 bits per heavy atom. The number of hydrogen-bond donors (Lipinski definition) is 1. The third-order valence-corrected chi connectivity index (χ3v) is 4.52. The van der Waals surface area contributed by atoms with Crippen molar-refractivity contribution in [3.05, 3.63) is 59.9 Å². The van der Waals surface area contributed by atoms with Gasteiger partial charge in [0.15, 0.2) is 5.96 Å². The lowest BCUT2D eigenvalue weighted by Gasteiger charge is -2.21. The monoisotopic (exact) mass is 495 g/mol. The molecule has 1 aromatic carbocycles. The van der Waals surface area contributed by atoms with Gasteiger partial charge in [0.2, 0.25) is 0 Å². The highest BCUT2D eigenvalue weighted by Gasteiger charge is 2.09.